The zero-order chi connectivity index (χ0) is 19.2. The van der Waals surface area contributed by atoms with Gasteiger partial charge in [-0.25, -0.2) is 0 Å². The number of hydrogen-bond donors (Lipinski definition) is 3. The van der Waals surface area contributed by atoms with Gasteiger partial charge in [-0.1, -0.05) is 12.1 Å². The van der Waals surface area contributed by atoms with Gasteiger partial charge in [-0.3, -0.25) is 25.2 Å². The second-order valence-corrected chi connectivity index (χ2v) is 6.37. The van der Waals surface area contributed by atoms with Crippen LogP contribution in [0.2, 0.25) is 0 Å². The standard InChI is InChI=1S/C20H21N3O4/c1-27-17-10-2-13(3-11-17)12-18(24)22-23-20(26)15-6-8-16(9-7-15)21-19(25)14-4-5-14/h2-3,6-11,14H,4-5,12H2,1H3,(H,21,25)(H,22,24)(H,23,26). The SMILES string of the molecule is COc1ccc(CC(=O)NNC(=O)c2ccc(NC(=O)C3CC3)cc2)cc1. The van der Waals surface area contributed by atoms with E-state index in [0.717, 1.165) is 18.4 Å². The number of hydrogen-bond acceptors (Lipinski definition) is 4. The second-order valence-electron chi connectivity index (χ2n) is 6.37. The second kappa shape index (κ2) is 8.35. The number of nitrogens with one attached hydrogen (secondary N) is 3. The van der Waals surface area contributed by atoms with Crippen molar-refractivity contribution in [2.45, 2.75) is 19.3 Å². The van der Waals surface area contributed by atoms with Gasteiger partial charge >= 0.3 is 0 Å². The number of ether oxygens (including phenoxy) is 1. The third kappa shape index (κ3) is 5.31. The third-order valence-corrected chi connectivity index (χ3v) is 4.20. The van der Waals surface area contributed by atoms with Gasteiger partial charge in [0.05, 0.1) is 13.5 Å². The van der Waals surface area contributed by atoms with Gasteiger partial charge in [0.15, 0.2) is 0 Å². The Morgan fingerprint density at radius 3 is 2.22 bits per heavy atom. The monoisotopic (exact) mass is 367 g/mol. The van der Waals surface area contributed by atoms with Crippen molar-refractivity contribution in [1.82, 2.24) is 10.9 Å². The van der Waals surface area contributed by atoms with Crippen LogP contribution >= 0.6 is 0 Å². The van der Waals surface area contributed by atoms with Gasteiger partial charge in [0.1, 0.15) is 5.75 Å². The average Bonchev–Trinajstić information content (AvgIpc) is 3.53. The Morgan fingerprint density at radius 1 is 0.963 bits per heavy atom. The predicted molar refractivity (Wildman–Crippen MR) is 100 cm³/mol. The lowest BCUT2D eigenvalue weighted by molar-refractivity contribution is -0.121. The first-order valence-corrected chi connectivity index (χ1v) is 8.68. The van der Waals surface area contributed by atoms with E-state index in [0.29, 0.717) is 17.0 Å². The molecule has 27 heavy (non-hydrogen) atoms. The van der Waals surface area contributed by atoms with Gasteiger partial charge in [-0.05, 0) is 54.8 Å². The summed E-state index contributed by atoms with van der Waals surface area (Å²) in [6.45, 7) is 0. The number of amides is 3. The van der Waals surface area contributed by atoms with Crippen LogP contribution in [-0.4, -0.2) is 24.8 Å². The Balaban J connectivity index is 1.46. The zero-order valence-corrected chi connectivity index (χ0v) is 15.0. The molecular formula is C20H21N3O4. The van der Waals surface area contributed by atoms with Gasteiger partial charge in [-0.15, -0.1) is 0 Å². The molecule has 3 amide bonds. The summed E-state index contributed by atoms with van der Waals surface area (Å²) in [5.74, 6) is 0.0797. The predicted octanol–water partition coefficient (Wildman–Crippen LogP) is 2.05. The van der Waals surface area contributed by atoms with Crippen LogP contribution in [0.25, 0.3) is 0 Å². The smallest absolute Gasteiger partial charge is 0.269 e. The molecule has 1 aliphatic rings. The van der Waals surface area contributed by atoms with Crippen molar-refractivity contribution in [1.29, 1.82) is 0 Å². The van der Waals surface area contributed by atoms with E-state index >= 15 is 0 Å². The lowest BCUT2D eigenvalue weighted by Gasteiger charge is -2.09. The molecule has 0 bridgehead atoms. The van der Waals surface area contributed by atoms with E-state index in [1.165, 1.54) is 0 Å². The molecule has 0 unspecified atom stereocenters. The highest BCUT2D eigenvalue weighted by Crippen LogP contribution is 2.30. The maximum atomic E-state index is 12.1. The van der Waals surface area contributed by atoms with Crippen molar-refractivity contribution >= 4 is 23.4 Å². The molecule has 1 fully saturated rings. The Kier molecular flexibility index (Phi) is 5.71. The summed E-state index contributed by atoms with van der Waals surface area (Å²) in [6, 6.07) is 13.6. The Hall–Kier alpha value is -3.35. The normalized spacial score (nSPS) is 12.8. The summed E-state index contributed by atoms with van der Waals surface area (Å²) >= 11 is 0. The largest absolute Gasteiger partial charge is 0.497 e. The first-order valence-electron chi connectivity index (χ1n) is 8.68. The van der Waals surface area contributed by atoms with Crippen molar-refractivity contribution in [3.8, 4) is 5.75 Å². The molecule has 0 radical (unpaired) electrons. The molecule has 3 rings (SSSR count). The van der Waals surface area contributed by atoms with Crippen LogP contribution in [0, 0.1) is 5.92 Å². The minimum atomic E-state index is -0.432. The Morgan fingerprint density at radius 2 is 1.63 bits per heavy atom. The van der Waals surface area contributed by atoms with E-state index in [1.54, 1.807) is 55.6 Å². The number of rotatable bonds is 6. The van der Waals surface area contributed by atoms with Crippen LogP contribution in [0.1, 0.15) is 28.8 Å². The fourth-order valence-electron chi connectivity index (χ4n) is 2.47. The fourth-order valence-corrected chi connectivity index (χ4v) is 2.47. The summed E-state index contributed by atoms with van der Waals surface area (Å²) in [5, 5.41) is 2.81. The van der Waals surface area contributed by atoms with Crippen molar-refractivity contribution < 1.29 is 19.1 Å². The molecule has 0 aromatic heterocycles. The molecule has 1 aliphatic carbocycles. The summed E-state index contributed by atoms with van der Waals surface area (Å²) in [5.41, 5.74) is 6.60. The molecule has 0 aliphatic heterocycles. The van der Waals surface area contributed by atoms with E-state index in [-0.39, 0.29) is 24.2 Å². The molecule has 7 heteroatoms. The molecule has 0 heterocycles. The fraction of sp³-hybridized carbons (Fsp3) is 0.250. The zero-order valence-electron chi connectivity index (χ0n) is 15.0. The lowest BCUT2D eigenvalue weighted by Crippen LogP contribution is -2.42. The van der Waals surface area contributed by atoms with Crippen LogP contribution in [0.4, 0.5) is 5.69 Å². The highest BCUT2D eigenvalue weighted by molar-refractivity contribution is 5.97. The van der Waals surface area contributed by atoms with E-state index in [1.807, 2.05) is 0 Å². The highest BCUT2D eigenvalue weighted by atomic mass is 16.5. The highest BCUT2D eigenvalue weighted by Gasteiger charge is 2.29. The Bertz CT molecular complexity index is 827. The molecule has 2 aromatic rings. The first-order chi connectivity index (χ1) is 13.0. The number of methoxy groups -OCH3 is 1. The van der Waals surface area contributed by atoms with E-state index in [4.69, 9.17) is 4.74 Å². The summed E-state index contributed by atoms with van der Waals surface area (Å²) < 4.78 is 5.07. The van der Waals surface area contributed by atoms with Crippen molar-refractivity contribution in [2.75, 3.05) is 12.4 Å². The first kappa shape index (κ1) is 18.4. The summed E-state index contributed by atoms with van der Waals surface area (Å²) in [6.07, 6.45) is 2.00. The van der Waals surface area contributed by atoms with E-state index in [9.17, 15) is 14.4 Å². The molecular weight excluding hydrogens is 346 g/mol. The van der Waals surface area contributed by atoms with Crippen LogP contribution in [0.15, 0.2) is 48.5 Å². The van der Waals surface area contributed by atoms with Crippen LogP contribution in [-0.2, 0) is 16.0 Å². The topological polar surface area (TPSA) is 96.5 Å². The van der Waals surface area contributed by atoms with E-state index < -0.39 is 5.91 Å². The molecule has 0 saturated heterocycles. The van der Waals surface area contributed by atoms with Gasteiger partial charge in [-0.2, -0.15) is 0 Å². The minimum Gasteiger partial charge on any atom is -0.497 e. The van der Waals surface area contributed by atoms with Crippen molar-refractivity contribution in [2.24, 2.45) is 5.92 Å². The van der Waals surface area contributed by atoms with Gasteiger partial charge < -0.3 is 10.1 Å². The lowest BCUT2D eigenvalue weighted by atomic mass is 10.1. The van der Waals surface area contributed by atoms with Crippen molar-refractivity contribution in [3.63, 3.8) is 0 Å². The maximum absolute atomic E-state index is 12.1. The third-order valence-electron chi connectivity index (χ3n) is 4.20. The van der Waals surface area contributed by atoms with Crippen molar-refractivity contribution in [3.05, 3.63) is 59.7 Å². The Labute approximate surface area is 157 Å². The quantitative estimate of drug-likeness (QED) is 0.681. The molecule has 2 aromatic carbocycles. The van der Waals surface area contributed by atoms with Gasteiger partial charge in [0, 0.05) is 17.2 Å². The van der Waals surface area contributed by atoms with Crippen LogP contribution in [0.3, 0.4) is 0 Å². The minimum absolute atomic E-state index is 0.0120. The van der Waals surface area contributed by atoms with E-state index in [2.05, 4.69) is 16.2 Å². The molecule has 0 atom stereocenters. The van der Waals surface area contributed by atoms with Crippen LogP contribution < -0.4 is 20.9 Å². The summed E-state index contributed by atoms with van der Waals surface area (Å²) in [4.78, 5) is 35.8. The van der Waals surface area contributed by atoms with Gasteiger partial charge in [0.25, 0.3) is 5.91 Å². The molecule has 7 nitrogen and oxygen atoms in total. The maximum Gasteiger partial charge on any atom is 0.269 e. The van der Waals surface area contributed by atoms with Gasteiger partial charge in [0.2, 0.25) is 11.8 Å². The summed E-state index contributed by atoms with van der Waals surface area (Å²) in [7, 11) is 1.57. The number of carbonyl (C=O) groups excluding carboxylic acids is 3. The molecule has 0 spiro atoms. The molecule has 1 saturated carbocycles. The average molecular weight is 367 g/mol. The number of anilines is 1. The van der Waals surface area contributed by atoms with Crippen LogP contribution in [0.5, 0.6) is 5.75 Å². The molecule has 140 valence electrons. The number of benzene rings is 2. The number of carbonyl (C=O) groups is 3. The number of hydrazine groups is 1. The molecule has 3 N–H and O–H groups in total.